The van der Waals surface area contributed by atoms with Crippen molar-refractivity contribution in [1.82, 2.24) is 0 Å². The summed E-state index contributed by atoms with van der Waals surface area (Å²) >= 11 is 0. The van der Waals surface area contributed by atoms with E-state index in [9.17, 15) is 0 Å². The molecular weight excluding hydrogens is 152 g/mol. The molecule has 0 saturated heterocycles. The molecule has 2 aromatic rings. The minimum Gasteiger partial charge on any atom is -0.465 e. The van der Waals surface area contributed by atoms with E-state index in [1.165, 1.54) is 0 Å². The minimum absolute atomic E-state index is 0.825. The van der Waals surface area contributed by atoms with E-state index in [4.69, 9.17) is 8.83 Å². The van der Waals surface area contributed by atoms with Crippen molar-refractivity contribution in [1.29, 1.82) is 0 Å². The minimum atomic E-state index is 0.825. The first-order valence-corrected chi connectivity index (χ1v) is 3.70. The van der Waals surface area contributed by atoms with Gasteiger partial charge in [0.2, 0.25) is 0 Å². The monoisotopic (exact) mass is 160 g/mol. The molecule has 0 unspecified atom stereocenters. The lowest BCUT2D eigenvalue weighted by molar-refractivity contribution is 0.552. The third-order valence-corrected chi connectivity index (χ3v) is 1.50. The van der Waals surface area contributed by atoms with Crippen LogP contribution in [0.3, 0.4) is 0 Å². The van der Waals surface area contributed by atoms with Crippen molar-refractivity contribution < 1.29 is 8.83 Å². The van der Waals surface area contributed by atoms with Gasteiger partial charge in [-0.1, -0.05) is 0 Å². The molecule has 60 valence electrons. The summed E-state index contributed by atoms with van der Waals surface area (Å²) < 4.78 is 10.2. The van der Waals surface area contributed by atoms with Crippen molar-refractivity contribution >= 4 is 12.2 Å². The number of hydrogen-bond acceptors (Lipinski definition) is 2. The molecule has 2 heterocycles. The van der Waals surface area contributed by atoms with Crippen LogP contribution in [0.25, 0.3) is 12.2 Å². The number of hydrogen-bond donors (Lipinski definition) is 0. The first-order valence-electron chi connectivity index (χ1n) is 3.70. The van der Waals surface area contributed by atoms with Crippen LogP contribution in [0.15, 0.2) is 45.6 Å². The van der Waals surface area contributed by atoms with Gasteiger partial charge in [0.1, 0.15) is 11.5 Å². The Kier molecular flexibility index (Phi) is 1.82. The lowest BCUT2D eigenvalue weighted by Gasteiger charge is -1.82. The number of rotatable bonds is 2. The van der Waals surface area contributed by atoms with Crippen molar-refractivity contribution in [2.75, 3.05) is 0 Å². The highest BCUT2D eigenvalue weighted by molar-refractivity contribution is 5.64. The van der Waals surface area contributed by atoms with Gasteiger partial charge in [-0.25, -0.2) is 0 Å². The van der Waals surface area contributed by atoms with E-state index in [1.54, 1.807) is 12.5 Å². The van der Waals surface area contributed by atoms with Crippen LogP contribution in [0.4, 0.5) is 0 Å². The molecule has 2 nitrogen and oxygen atoms in total. The average Bonchev–Trinajstić information content (AvgIpc) is 2.74. The SMILES string of the molecule is C(=C\c1ccco1)/c1ccco1. The zero-order chi connectivity index (χ0) is 8.23. The Labute approximate surface area is 70.1 Å². The molecule has 0 aliphatic carbocycles. The maximum absolute atomic E-state index is 5.10. The van der Waals surface area contributed by atoms with Crippen LogP contribution in [0.2, 0.25) is 0 Å². The van der Waals surface area contributed by atoms with E-state index in [0.29, 0.717) is 0 Å². The fourth-order valence-corrected chi connectivity index (χ4v) is 0.936. The Balaban J connectivity index is 2.14. The van der Waals surface area contributed by atoms with Gasteiger partial charge in [-0.3, -0.25) is 0 Å². The summed E-state index contributed by atoms with van der Waals surface area (Å²) in [4.78, 5) is 0. The highest BCUT2D eigenvalue weighted by Crippen LogP contribution is 2.08. The summed E-state index contributed by atoms with van der Waals surface area (Å²) in [6.07, 6.45) is 7.00. The van der Waals surface area contributed by atoms with Crippen molar-refractivity contribution in [3.05, 3.63) is 48.3 Å². The third-order valence-electron chi connectivity index (χ3n) is 1.50. The fraction of sp³-hybridized carbons (Fsp3) is 0. The highest BCUT2D eigenvalue weighted by atomic mass is 16.3. The second kappa shape index (κ2) is 3.13. The number of furan rings is 2. The van der Waals surface area contributed by atoms with Crippen LogP contribution in [0.5, 0.6) is 0 Å². The molecule has 0 atom stereocenters. The summed E-state index contributed by atoms with van der Waals surface area (Å²) in [5, 5.41) is 0. The van der Waals surface area contributed by atoms with Crippen LogP contribution < -0.4 is 0 Å². The van der Waals surface area contributed by atoms with Gasteiger partial charge in [-0.05, 0) is 36.4 Å². The molecule has 0 saturated carbocycles. The molecule has 0 radical (unpaired) electrons. The predicted octanol–water partition coefficient (Wildman–Crippen LogP) is 3.04. The van der Waals surface area contributed by atoms with Gasteiger partial charge in [-0.15, -0.1) is 0 Å². The van der Waals surface area contributed by atoms with Crippen molar-refractivity contribution in [3.8, 4) is 0 Å². The summed E-state index contributed by atoms with van der Waals surface area (Å²) in [6.45, 7) is 0. The smallest absolute Gasteiger partial charge is 0.126 e. The van der Waals surface area contributed by atoms with Crippen LogP contribution in [0, 0.1) is 0 Å². The van der Waals surface area contributed by atoms with Crippen molar-refractivity contribution in [2.45, 2.75) is 0 Å². The zero-order valence-corrected chi connectivity index (χ0v) is 6.44. The van der Waals surface area contributed by atoms with E-state index < -0.39 is 0 Å². The van der Waals surface area contributed by atoms with Crippen molar-refractivity contribution in [3.63, 3.8) is 0 Å². The summed E-state index contributed by atoms with van der Waals surface area (Å²) in [6, 6.07) is 7.47. The molecule has 2 heteroatoms. The zero-order valence-electron chi connectivity index (χ0n) is 6.44. The summed E-state index contributed by atoms with van der Waals surface area (Å²) in [5.41, 5.74) is 0. The Bertz CT molecular complexity index is 305. The van der Waals surface area contributed by atoms with Crippen LogP contribution >= 0.6 is 0 Å². The van der Waals surface area contributed by atoms with Crippen LogP contribution in [-0.4, -0.2) is 0 Å². The van der Waals surface area contributed by atoms with Gasteiger partial charge in [0.25, 0.3) is 0 Å². The van der Waals surface area contributed by atoms with Gasteiger partial charge >= 0.3 is 0 Å². The molecule has 0 aliphatic heterocycles. The van der Waals surface area contributed by atoms with Crippen LogP contribution in [0.1, 0.15) is 11.5 Å². The maximum Gasteiger partial charge on any atom is 0.126 e. The van der Waals surface area contributed by atoms with Gasteiger partial charge in [0.05, 0.1) is 12.5 Å². The molecule has 0 spiro atoms. The summed E-state index contributed by atoms with van der Waals surface area (Å²) in [7, 11) is 0. The molecule has 2 rings (SSSR count). The van der Waals surface area contributed by atoms with E-state index >= 15 is 0 Å². The van der Waals surface area contributed by atoms with Gasteiger partial charge in [0, 0.05) is 0 Å². The predicted molar refractivity (Wildman–Crippen MR) is 46.3 cm³/mol. The van der Waals surface area contributed by atoms with Gasteiger partial charge in [-0.2, -0.15) is 0 Å². The Hall–Kier alpha value is -1.70. The Morgan fingerprint density at radius 2 is 1.33 bits per heavy atom. The molecule has 0 bridgehead atoms. The molecule has 0 fully saturated rings. The molecule has 12 heavy (non-hydrogen) atoms. The van der Waals surface area contributed by atoms with Gasteiger partial charge in [0.15, 0.2) is 0 Å². The second-order valence-electron chi connectivity index (χ2n) is 2.36. The van der Waals surface area contributed by atoms with Crippen LogP contribution in [-0.2, 0) is 0 Å². The summed E-state index contributed by atoms with van der Waals surface area (Å²) in [5.74, 6) is 1.65. The van der Waals surface area contributed by atoms with E-state index in [-0.39, 0.29) is 0 Å². The lowest BCUT2D eigenvalue weighted by atomic mass is 10.3. The first kappa shape index (κ1) is 6.98. The quantitative estimate of drug-likeness (QED) is 0.674. The molecule has 0 amide bonds. The average molecular weight is 160 g/mol. The standard InChI is InChI=1S/C10H8O2/c1-3-9(11-7-1)5-6-10-4-2-8-12-10/h1-8H/b6-5+. The Morgan fingerprint density at radius 3 is 1.67 bits per heavy atom. The third kappa shape index (κ3) is 1.48. The fourth-order valence-electron chi connectivity index (χ4n) is 0.936. The molecule has 0 aromatic carbocycles. The highest BCUT2D eigenvalue weighted by Gasteiger charge is 1.89. The largest absolute Gasteiger partial charge is 0.465 e. The van der Waals surface area contributed by atoms with E-state index in [0.717, 1.165) is 11.5 Å². The topological polar surface area (TPSA) is 26.3 Å². The molecule has 0 N–H and O–H groups in total. The van der Waals surface area contributed by atoms with E-state index in [2.05, 4.69) is 0 Å². The molecular formula is C10H8O2. The second-order valence-corrected chi connectivity index (χ2v) is 2.36. The normalized spacial score (nSPS) is 11.0. The first-order chi connectivity index (χ1) is 5.95. The molecule has 2 aromatic heterocycles. The maximum atomic E-state index is 5.10. The van der Waals surface area contributed by atoms with Crippen molar-refractivity contribution in [2.24, 2.45) is 0 Å². The van der Waals surface area contributed by atoms with E-state index in [1.807, 2.05) is 36.4 Å². The Morgan fingerprint density at radius 1 is 0.833 bits per heavy atom. The van der Waals surface area contributed by atoms with Gasteiger partial charge < -0.3 is 8.83 Å². The molecule has 0 aliphatic rings. The lowest BCUT2D eigenvalue weighted by Crippen LogP contribution is -1.61.